The van der Waals surface area contributed by atoms with Gasteiger partial charge in [-0.05, 0) is 13.0 Å². The quantitative estimate of drug-likeness (QED) is 0.689. The number of aromatic nitrogens is 3. The van der Waals surface area contributed by atoms with Gasteiger partial charge in [-0.1, -0.05) is 18.2 Å². The van der Waals surface area contributed by atoms with Gasteiger partial charge in [-0.15, -0.1) is 0 Å². The third-order valence-electron chi connectivity index (χ3n) is 3.12. The highest BCUT2D eigenvalue weighted by atomic mass is 15.0. The zero-order valence-corrected chi connectivity index (χ0v) is 9.94. The van der Waals surface area contributed by atoms with E-state index in [1.165, 1.54) is 0 Å². The molecule has 4 nitrogen and oxygen atoms in total. The van der Waals surface area contributed by atoms with Crippen LogP contribution in [0, 0.1) is 6.92 Å². The first-order valence-electron chi connectivity index (χ1n) is 5.63. The maximum atomic E-state index is 5.77. The Kier molecular flexibility index (Phi) is 2.12. The first-order valence-corrected chi connectivity index (χ1v) is 5.63. The summed E-state index contributed by atoms with van der Waals surface area (Å²) >= 11 is 0. The first-order chi connectivity index (χ1) is 8.22. The summed E-state index contributed by atoms with van der Waals surface area (Å²) in [5, 5.41) is 1.16. The molecule has 0 unspecified atom stereocenters. The number of aryl methyl sites for hydroxylation is 2. The van der Waals surface area contributed by atoms with Crippen LogP contribution in [0.1, 0.15) is 11.5 Å². The molecular weight excluding hydrogens is 212 g/mol. The molecule has 0 saturated carbocycles. The van der Waals surface area contributed by atoms with E-state index in [4.69, 9.17) is 5.73 Å². The molecule has 3 aromatic rings. The number of hydrogen-bond acceptors (Lipinski definition) is 3. The van der Waals surface area contributed by atoms with Crippen molar-refractivity contribution in [2.24, 2.45) is 12.8 Å². The smallest absolute Gasteiger partial charge is 0.126 e. The molecule has 1 aromatic carbocycles. The maximum Gasteiger partial charge on any atom is 0.126 e. The molecular formula is C13H14N4. The Labute approximate surface area is 99.1 Å². The fourth-order valence-corrected chi connectivity index (χ4v) is 2.39. The van der Waals surface area contributed by atoms with E-state index in [0.717, 1.165) is 33.5 Å². The van der Waals surface area contributed by atoms with Gasteiger partial charge in [-0.2, -0.15) is 0 Å². The molecule has 0 amide bonds. The molecule has 2 aromatic heterocycles. The predicted octanol–water partition coefficient (Wildman–Crippen LogP) is 1.89. The lowest BCUT2D eigenvalue weighted by Crippen LogP contribution is -2.05. The van der Waals surface area contributed by atoms with Crippen LogP contribution in [0.25, 0.3) is 21.9 Å². The van der Waals surface area contributed by atoms with E-state index >= 15 is 0 Å². The summed E-state index contributed by atoms with van der Waals surface area (Å²) in [5.74, 6) is 0.773. The number of rotatable bonds is 1. The normalized spacial score (nSPS) is 11.5. The molecule has 0 atom stereocenters. The van der Waals surface area contributed by atoms with Crippen molar-refractivity contribution in [3.63, 3.8) is 0 Å². The molecule has 0 spiro atoms. The third kappa shape index (κ3) is 1.34. The number of hydrogen-bond donors (Lipinski definition) is 1. The monoisotopic (exact) mass is 226 g/mol. The Balaban J connectivity index is 2.61. The molecule has 0 fully saturated rings. The second-order valence-electron chi connectivity index (χ2n) is 4.20. The van der Waals surface area contributed by atoms with Gasteiger partial charge in [0.25, 0.3) is 0 Å². The lowest BCUT2D eigenvalue weighted by atomic mass is 10.2. The summed E-state index contributed by atoms with van der Waals surface area (Å²) in [6, 6.07) is 8.24. The van der Waals surface area contributed by atoms with Crippen molar-refractivity contribution in [2.45, 2.75) is 13.5 Å². The van der Waals surface area contributed by atoms with E-state index in [0.29, 0.717) is 6.54 Å². The zero-order valence-electron chi connectivity index (χ0n) is 9.94. The van der Waals surface area contributed by atoms with Gasteiger partial charge in [0.2, 0.25) is 0 Å². The minimum atomic E-state index is 0.435. The Morgan fingerprint density at radius 2 is 2.00 bits per heavy atom. The highest BCUT2D eigenvalue weighted by Gasteiger charge is 2.13. The van der Waals surface area contributed by atoms with E-state index < -0.39 is 0 Å². The SMILES string of the molecule is Cc1nc(CN)c2c(n1)c1ccccc1n2C. The van der Waals surface area contributed by atoms with E-state index in [1.54, 1.807) is 0 Å². The lowest BCUT2D eigenvalue weighted by Gasteiger charge is -2.03. The van der Waals surface area contributed by atoms with Crippen LogP contribution in [0.5, 0.6) is 0 Å². The van der Waals surface area contributed by atoms with Crippen molar-refractivity contribution < 1.29 is 0 Å². The summed E-state index contributed by atoms with van der Waals surface area (Å²) in [6.45, 7) is 2.34. The van der Waals surface area contributed by atoms with Crippen LogP contribution in [0.3, 0.4) is 0 Å². The van der Waals surface area contributed by atoms with Crippen molar-refractivity contribution in [1.82, 2.24) is 14.5 Å². The average molecular weight is 226 g/mol. The Hall–Kier alpha value is -1.94. The molecule has 2 N–H and O–H groups in total. The van der Waals surface area contributed by atoms with Crippen molar-refractivity contribution in [3.05, 3.63) is 35.8 Å². The minimum Gasteiger partial charge on any atom is -0.341 e. The van der Waals surface area contributed by atoms with Crippen molar-refractivity contribution in [1.29, 1.82) is 0 Å². The molecule has 17 heavy (non-hydrogen) atoms. The number of nitrogens with zero attached hydrogens (tertiary/aromatic N) is 3. The highest BCUT2D eigenvalue weighted by Crippen LogP contribution is 2.27. The highest BCUT2D eigenvalue weighted by molar-refractivity contribution is 6.06. The largest absolute Gasteiger partial charge is 0.341 e. The molecule has 86 valence electrons. The molecule has 0 bridgehead atoms. The molecule has 0 aliphatic carbocycles. The van der Waals surface area contributed by atoms with Crippen LogP contribution in [0.2, 0.25) is 0 Å². The van der Waals surface area contributed by atoms with E-state index in [9.17, 15) is 0 Å². The fourth-order valence-electron chi connectivity index (χ4n) is 2.39. The molecule has 0 aliphatic heterocycles. The van der Waals surface area contributed by atoms with Crippen molar-refractivity contribution in [3.8, 4) is 0 Å². The van der Waals surface area contributed by atoms with Crippen LogP contribution in [-0.2, 0) is 13.6 Å². The lowest BCUT2D eigenvalue weighted by molar-refractivity contribution is 0.917. The van der Waals surface area contributed by atoms with Gasteiger partial charge in [0.1, 0.15) is 11.3 Å². The topological polar surface area (TPSA) is 56.7 Å². The molecule has 4 heteroatoms. The van der Waals surface area contributed by atoms with Gasteiger partial charge >= 0.3 is 0 Å². The van der Waals surface area contributed by atoms with Crippen LogP contribution in [0.4, 0.5) is 0 Å². The first kappa shape index (κ1) is 10.2. The zero-order chi connectivity index (χ0) is 12.0. The molecule has 2 heterocycles. The second kappa shape index (κ2) is 3.53. The molecule has 0 aliphatic rings. The second-order valence-corrected chi connectivity index (χ2v) is 4.20. The van der Waals surface area contributed by atoms with Crippen LogP contribution >= 0.6 is 0 Å². The van der Waals surface area contributed by atoms with Crippen LogP contribution in [-0.4, -0.2) is 14.5 Å². The number of benzene rings is 1. The van der Waals surface area contributed by atoms with Crippen LogP contribution < -0.4 is 5.73 Å². The minimum absolute atomic E-state index is 0.435. The molecule has 0 saturated heterocycles. The Morgan fingerprint density at radius 1 is 1.24 bits per heavy atom. The average Bonchev–Trinajstić information content (AvgIpc) is 2.63. The molecule has 0 radical (unpaired) electrons. The summed E-state index contributed by atoms with van der Waals surface area (Å²) in [4.78, 5) is 8.96. The van der Waals surface area contributed by atoms with Gasteiger partial charge in [0.15, 0.2) is 0 Å². The summed E-state index contributed by atoms with van der Waals surface area (Å²) in [5.41, 5.74) is 9.88. The van der Waals surface area contributed by atoms with Gasteiger partial charge in [0.05, 0.1) is 16.7 Å². The predicted molar refractivity (Wildman–Crippen MR) is 68.6 cm³/mol. The van der Waals surface area contributed by atoms with E-state index in [1.807, 2.05) is 26.1 Å². The van der Waals surface area contributed by atoms with Crippen molar-refractivity contribution in [2.75, 3.05) is 0 Å². The molecule has 3 rings (SSSR count). The maximum absolute atomic E-state index is 5.77. The van der Waals surface area contributed by atoms with E-state index in [-0.39, 0.29) is 0 Å². The summed E-state index contributed by atoms with van der Waals surface area (Å²) < 4.78 is 2.12. The number of para-hydroxylation sites is 1. The van der Waals surface area contributed by atoms with Gasteiger partial charge in [0, 0.05) is 19.0 Å². The van der Waals surface area contributed by atoms with Gasteiger partial charge in [-0.3, -0.25) is 0 Å². The van der Waals surface area contributed by atoms with Crippen molar-refractivity contribution >= 4 is 21.9 Å². The van der Waals surface area contributed by atoms with Gasteiger partial charge < -0.3 is 10.3 Å². The Bertz CT molecular complexity index is 712. The van der Waals surface area contributed by atoms with Gasteiger partial charge in [-0.25, -0.2) is 9.97 Å². The van der Waals surface area contributed by atoms with Crippen LogP contribution in [0.15, 0.2) is 24.3 Å². The Morgan fingerprint density at radius 3 is 2.76 bits per heavy atom. The summed E-state index contributed by atoms with van der Waals surface area (Å²) in [6.07, 6.45) is 0. The van der Waals surface area contributed by atoms with E-state index in [2.05, 4.69) is 26.7 Å². The summed E-state index contributed by atoms with van der Waals surface area (Å²) in [7, 11) is 2.03. The fraction of sp³-hybridized carbons (Fsp3) is 0.231. The third-order valence-corrected chi connectivity index (χ3v) is 3.12. The number of nitrogens with two attached hydrogens (primary N) is 1. The number of fused-ring (bicyclic) bond motifs is 3. The standard InChI is InChI=1S/C13H14N4/c1-8-15-10(7-14)13-12(16-8)9-5-3-4-6-11(9)17(13)2/h3-6H,7,14H2,1-2H3.